The number of halogens is 1. The quantitative estimate of drug-likeness (QED) is 0.561. The molecule has 0 fully saturated rings. The molecule has 0 saturated carbocycles. The Morgan fingerprint density at radius 2 is 2.00 bits per heavy atom. The Morgan fingerprint density at radius 1 is 1.50 bits per heavy atom. The molecule has 0 aromatic heterocycles. The third kappa shape index (κ3) is 3.45. The molecule has 0 rings (SSSR count). The van der Waals surface area contributed by atoms with Crippen LogP contribution in [0.1, 0.15) is 6.92 Å². The lowest BCUT2D eigenvalue weighted by Crippen LogP contribution is -2.31. The number of nitrogens with zero attached hydrogens (tertiary/aromatic N) is 1. The number of carbonyl (C=O) groups excluding carboxylic acids is 2. The molecule has 1 amide bonds. The first-order valence-electron chi connectivity index (χ1n) is 2.87. The van der Waals surface area contributed by atoms with Crippen molar-refractivity contribution in [1.29, 1.82) is 0 Å². The van der Waals surface area contributed by atoms with Crippen LogP contribution in [0.25, 0.3) is 0 Å². The van der Waals surface area contributed by atoms with Crippen LogP contribution in [-0.2, 0) is 9.59 Å². The summed E-state index contributed by atoms with van der Waals surface area (Å²) in [6.45, 7) is 1.57. The number of likely N-dealkylation sites (N-methyl/N-ethyl adjacent to an activating group) is 1. The minimum Gasteiger partial charge on any atom is -0.337 e. The molecule has 0 aliphatic heterocycles. The van der Waals surface area contributed by atoms with Gasteiger partial charge in [-0.2, -0.15) is 0 Å². The summed E-state index contributed by atoms with van der Waals surface area (Å²) >= 11 is 5.23. The van der Waals surface area contributed by atoms with Crippen LogP contribution in [0, 0.1) is 0 Å². The van der Waals surface area contributed by atoms with Gasteiger partial charge in [0.15, 0.2) is 0 Å². The number of carbonyl (C=O) groups is 2. The van der Waals surface area contributed by atoms with E-state index in [-0.39, 0.29) is 24.1 Å². The molecule has 0 aromatic rings. The molecule has 0 N–H and O–H groups in total. The fourth-order valence-corrected chi connectivity index (χ4v) is 0.728. The van der Waals surface area contributed by atoms with Gasteiger partial charge in [0.2, 0.25) is 5.91 Å². The largest absolute Gasteiger partial charge is 0.337 e. The Kier molecular flexibility index (Phi) is 4.03. The first-order valence-corrected chi connectivity index (χ1v) is 3.40. The third-order valence-electron chi connectivity index (χ3n) is 1.000. The second-order valence-corrected chi connectivity index (χ2v) is 2.35. The van der Waals surface area contributed by atoms with Crippen molar-refractivity contribution < 1.29 is 9.59 Å². The Hall–Kier alpha value is -0.570. The van der Waals surface area contributed by atoms with Gasteiger partial charge in [-0.25, -0.2) is 0 Å². The highest BCUT2D eigenvalue weighted by Crippen LogP contribution is 1.87. The molecule has 0 unspecified atom stereocenters. The van der Waals surface area contributed by atoms with Gasteiger partial charge >= 0.3 is 0 Å². The van der Waals surface area contributed by atoms with Crippen LogP contribution in [0.3, 0.4) is 0 Å². The number of hydrogen-bond acceptors (Lipinski definition) is 2. The number of alkyl halides is 1. The van der Waals surface area contributed by atoms with Crippen LogP contribution >= 0.6 is 11.6 Å². The maximum absolute atomic E-state index is 10.7. The van der Waals surface area contributed by atoms with Gasteiger partial charge in [-0.05, 0) is 6.92 Å². The number of rotatable bonds is 3. The molecule has 0 spiro atoms. The highest BCUT2D eigenvalue weighted by molar-refractivity contribution is 6.27. The molecule has 0 saturated heterocycles. The van der Waals surface area contributed by atoms with E-state index in [9.17, 15) is 9.59 Å². The second-order valence-electron chi connectivity index (χ2n) is 2.09. The van der Waals surface area contributed by atoms with Crippen molar-refractivity contribution in [2.24, 2.45) is 0 Å². The van der Waals surface area contributed by atoms with E-state index in [1.54, 1.807) is 7.05 Å². The van der Waals surface area contributed by atoms with E-state index in [0.717, 1.165) is 0 Å². The van der Waals surface area contributed by atoms with Crippen LogP contribution in [0.5, 0.6) is 0 Å². The van der Waals surface area contributed by atoms with Crippen molar-refractivity contribution in [1.82, 2.24) is 4.90 Å². The van der Waals surface area contributed by atoms with Crippen LogP contribution in [-0.4, -0.2) is 36.1 Å². The Morgan fingerprint density at radius 3 is 2.30 bits per heavy atom. The summed E-state index contributed by atoms with van der Waals surface area (Å²) in [5.41, 5.74) is 0. The summed E-state index contributed by atoms with van der Waals surface area (Å²) in [7, 11) is 1.55. The summed E-state index contributed by atoms with van der Waals surface area (Å²) in [6.07, 6.45) is 0. The number of Topliss-reactive ketones (excluding diaryl/α,β-unsaturated/α-hetero) is 1. The van der Waals surface area contributed by atoms with Crippen molar-refractivity contribution in [3.63, 3.8) is 0 Å². The normalized spacial score (nSPS) is 9.10. The number of hydrogen-bond donors (Lipinski definition) is 0. The van der Waals surface area contributed by atoms with E-state index >= 15 is 0 Å². The lowest BCUT2D eigenvalue weighted by molar-refractivity contribution is -0.131. The standard InChI is InChI=1S/C6H10ClNO2/c1-5(9)4-8(2)6(10)3-7/h3-4H2,1-2H3. The van der Waals surface area contributed by atoms with Crippen LogP contribution < -0.4 is 0 Å². The lowest BCUT2D eigenvalue weighted by atomic mass is 10.4. The molecule has 58 valence electrons. The van der Waals surface area contributed by atoms with E-state index < -0.39 is 0 Å². The molecular weight excluding hydrogens is 154 g/mol. The van der Waals surface area contributed by atoms with Crippen molar-refractivity contribution in [2.45, 2.75) is 6.92 Å². The minimum absolute atomic E-state index is 0.0408. The fourth-order valence-electron chi connectivity index (χ4n) is 0.524. The average Bonchev–Trinajstić information content (AvgIpc) is 1.85. The molecule has 4 heteroatoms. The predicted molar refractivity (Wildman–Crippen MR) is 39.0 cm³/mol. The zero-order valence-electron chi connectivity index (χ0n) is 6.06. The smallest absolute Gasteiger partial charge is 0.237 e. The topological polar surface area (TPSA) is 37.4 Å². The maximum atomic E-state index is 10.7. The fraction of sp³-hybridized carbons (Fsp3) is 0.667. The van der Waals surface area contributed by atoms with Crippen molar-refractivity contribution in [3.8, 4) is 0 Å². The molecule has 0 radical (unpaired) electrons. The zero-order chi connectivity index (χ0) is 8.15. The van der Waals surface area contributed by atoms with Gasteiger partial charge in [0.1, 0.15) is 11.7 Å². The van der Waals surface area contributed by atoms with Crippen LogP contribution in [0.2, 0.25) is 0 Å². The molecular formula is C6H10ClNO2. The molecule has 0 bridgehead atoms. The number of ketones is 1. The Balaban J connectivity index is 3.72. The molecule has 3 nitrogen and oxygen atoms in total. The molecule has 10 heavy (non-hydrogen) atoms. The Bertz CT molecular complexity index is 147. The summed E-state index contributed by atoms with van der Waals surface area (Å²) < 4.78 is 0. The number of amides is 1. The van der Waals surface area contributed by atoms with E-state index in [1.807, 2.05) is 0 Å². The van der Waals surface area contributed by atoms with E-state index in [0.29, 0.717) is 0 Å². The summed E-state index contributed by atoms with van der Waals surface area (Å²) in [5, 5.41) is 0. The van der Waals surface area contributed by atoms with Gasteiger partial charge in [-0.1, -0.05) is 0 Å². The minimum atomic E-state index is -0.225. The van der Waals surface area contributed by atoms with Gasteiger partial charge in [0.05, 0.1) is 6.54 Å². The molecule has 0 heterocycles. The van der Waals surface area contributed by atoms with Crippen molar-refractivity contribution in [2.75, 3.05) is 19.5 Å². The monoisotopic (exact) mass is 163 g/mol. The van der Waals surface area contributed by atoms with Crippen LogP contribution in [0.4, 0.5) is 0 Å². The zero-order valence-corrected chi connectivity index (χ0v) is 6.81. The van der Waals surface area contributed by atoms with Gasteiger partial charge in [0, 0.05) is 7.05 Å². The summed E-state index contributed by atoms with van der Waals surface area (Å²) in [6, 6.07) is 0. The highest BCUT2D eigenvalue weighted by atomic mass is 35.5. The maximum Gasteiger partial charge on any atom is 0.237 e. The van der Waals surface area contributed by atoms with E-state index in [2.05, 4.69) is 0 Å². The highest BCUT2D eigenvalue weighted by Gasteiger charge is 2.07. The molecule has 0 aliphatic carbocycles. The van der Waals surface area contributed by atoms with Gasteiger partial charge in [0.25, 0.3) is 0 Å². The van der Waals surface area contributed by atoms with Gasteiger partial charge in [-0.15, -0.1) is 11.6 Å². The van der Waals surface area contributed by atoms with E-state index in [1.165, 1.54) is 11.8 Å². The van der Waals surface area contributed by atoms with Crippen molar-refractivity contribution in [3.05, 3.63) is 0 Å². The third-order valence-corrected chi connectivity index (χ3v) is 1.23. The predicted octanol–water partition coefficient (Wildman–Crippen LogP) is 0.273. The molecule has 0 atom stereocenters. The van der Waals surface area contributed by atoms with Crippen LogP contribution in [0.15, 0.2) is 0 Å². The lowest BCUT2D eigenvalue weighted by Gasteiger charge is -2.12. The SMILES string of the molecule is CC(=O)CN(C)C(=O)CCl. The van der Waals surface area contributed by atoms with Gasteiger partial charge in [-0.3, -0.25) is 9.59 Å². The second kappa shape index (κ2) is 4.28. The van der Waals surface area contributed by atoms with Gasteiger partial charge < -0.3 is 4.90 Å². The Labute approximate surface area is 65.0 Å². The molecule has 0 aromatic carbocycles. The first kappa shape index (κ1) is 9.43. The summed E-state index contributed by atoms with van der Waals surface area (Å²) in [5.74, 6) is -0.332. The van der Waals surface area contributed by atoms with Crippen molar-refractivity contribution >= 4 is 23.3 Å². The molecule has 0 aliphatic rings. The average molecular weight is 164 g/mol. The summed E-state index contributed by atoms with van der Waals surface area (Å²) in [4.78, 5) is 22.4. The first-order chi connectivity index (χ1) is 4.57. The van der Waals surface area contributed by atoms with E-state index in [4.69, 9.17) is 11.6 Å².